The van der Waals surface area contributed by atoms with E-state index in [1.54, 1.807) is 0 Å². The Balaban J connectivity index is 1.30. The van der Waals surface area contributed by atoms with Gasteiger partial charge >= 0.3 is 0 Å². The fourth-order valence-corrected chi connectivity index (χ4v) is 6.11. The summed E-state index contributed by atoms with van der Waals surface area (Å²) in [6, 6.07) is 9.71. The van der Waals surface area contributed by atoms with Crippen LogP contribution in [0.15, 0.2) is 47.3 Å². The topological polar surface area (TPSA) is 122 Å². The lowest BCUT2D eigenvalue weighted by Gasteiger charge is -2.27. The van der Waals surface area contributed by atoms with E-state index in [0.717, 1.165) is 26.3 Å². The van der Waals surface area contributed by atoms with Crippen LogP contribution in [0, 0.1) is 5.41 Å². The highest BCUT2D eigenvalue weighted by Gasteiger charge is 2.56. The average molecular weight is 530 g/mol. The average Bonchev–Trinajstić information content (AvgIpc) is 3.48. The molecule has 1 spiro atoms. The van der Waals surface area contributed by atoms with Crippen molar-refractivity contribution in [2.45, 2.75) is 37.1 Å². The third-order valence-electron chi connectivity index (χ3n) is 7.31. The Hall–Kier alpha value is -2.30. The number of nitrogens with zero attached hydrogens (tertiary/aromatic N) is 4. The third kappa shape index (κ3) is 3.25. The summed E-state index contributed by atoms with van der Waals surface area (Å²) >= 11 is 9.63. The van der Waals surface area contributed by atoms with E-state index >= 15 is 0 Å². The first-order valence-corrected chi connectivity index (χ1v) is 12.0. The minimum atomic E-state index is -0.912. The Labute approximate surface area is 202 Å². The van der Waals surface area contributed by atoms with Crippen molar-refractivity contribution >= 4 is 55.3 Å². The fourth-order valence-electron chi connectivity index (χ4n) is 5.59. The van der Waals surface area contributed by atoms with E-state index in [2.05, 4.69) is 42.3 Å². The quantitative estimate of drug-likeness (QED) is 0.294. The number of hydrogen-bond donors (Lipinski definition) is 4. The Morgan fingerprint density at radius 1 is 1.18 bits per heavy atom. The van der Waals surface area contributed by atoms with Crippen molar-refractivity contribution in [3.63, 3.8) is 0 Å². The highest BCUT2D eigenvalue weighted by atomic mass is 79.9. The molecular formula is C23H22BrClN6O2. The zero-order chi connectivity index (χ0) is 22.9. The van der Waals surface area contributed by atoms with Gasteiger partial charge in [0.05, 0.1) is 27.5 Å². The summed E-state index contributed by atoms with van der Waals surface area (Å²) in [6.07, 6.45) is 2.83. The molecule has 0 radical (unpaired) electrons. The van der Waals surface area contributed by atoms with Crippen molar-refractivity contribution < 1.29 is 10.2 Å². The van der Waals surface area contributed by atoms with Crippen molar-refractivity contribution in [2.75, 3.05) is 12.3 Å². The van der Waals surface area contributed by atoms with E-state index < -0.39 is 17.6 Å². The number of hydrogen-bond acceptors (Lipinski definition) is 7. The summed E-state index contributed by atoms with van der Waals surface area (Å²) in [6.45, 7) is 0.606. The van der Waals surface area contributed by atoms with Gasteiger partial charge in [-0.2, -0.15) is 0 Å². The number of pyridine rings is 1. The number of benzene rings is 1. The number of nitrogens with two attached hydrogens (primary N) is 1. The van der Waals surface area contributed by atoms with Crippen LogP contribution >= 0.6 is 27.5 Å². The highest BCUT2D eigenvalue weighted by molar-refractivity contribution is 9.10. The maximum atomic E-state index is 11.2. The normalized spacial score (nSPS) is 29.6. The molecule has 1 aliphatic carbocycles. The van der Waals surface area contributed by atoms with Gasteiger partial charge in [-0.15, -0.1) is 0 Å². The SMILES string of the molecule is Nc1nc2cc(C3C[C@@]4(CN3)C[C@@H](n3ccc5c(Cl)ncnc53)[C@H](O)[C@@H]4O)ccc2cc1Br. The number of nitrogens with one attached hydrogen (secondary N) is 1. The molecule has 5 atom stereocenters. The summed E-state index contributed by atoms with van der Waals surface area (Å²) in [5, 5.41) is 27.9. The van der Waals surface area contributed by atoms with Crippen LogP contribution in [0.3, 0.4) is 0 Å². The molecule has 8 nitrogen and oxygen atoms in total. The summed E-state index contributed by atoms with van der Waals surface area (Å²) < 4.78 is 2.69. The number of anilines is 1. The van der Waals surface area contributed by atoms with Gasteiger partial charge in [0.25, 0.3) is 0 Å². The number of aliphatic hydroxyl groups is 2. The van der Waals surface area contributed by atoms with E-state index in [1.165, 1.54) is 6.33 Å². The van der Waals surface area contributed by atoms with Crippen molar-refractivity contribution in [3.8, 4) is 0 Å². The highest BCUT2D eigenvalue weighted by Crippen LogP contribution is 2.52. The lowest BCUT2D eigenvalue weighted by atomic mass is 9.80. The first kappa shape index (κ1) is 21.2. The van der Waals surface area contributed by atoms with Gasteiger partial charge in [0.1, 0.15) is 29.0 Å². The van der Waals surface area contributed by atoms with Crippen molar-refractivity contribution in [1.29, 1.82) is 0 Å². The zero-order valence-corrected chi connectivity index (χ0v) is 19.8. The summed E-state index contributed by atoms with van der Waals surface area (Å²) in [5.41, 5.74) is 8.10. The summed E-state index contributed by atoms with van der Waals surface area (Å²) in [4.78, 5) is 12.9. The molecule has 0 amide bonds. The van der Waals surface area contributed by atoms with E-state index in [0.29, 0.717) is 36.0 Å². The standard InChI is InChI=1S/C23H22BrClN6O2/c24-14-5-11-1-2-12(6-15(11)30-21(14)26)16-7-23(9-27-16)8-17(18(32)19(23)33)31-4-3-13-20(25)28-10-29-22(13)31/h1-6,10,16-19,27,32-33H,7-9H2,(H2,26,30)/t16?,17-,18+,19+,23+/m1/s1. The maximum absolute atomic E-state index is 11.2. The Bertz CT molecular complexity index is 1400. The largest absolute Gasteiger partial charge is 0.390 e. The molecule has 1 aromatic carbocycles. The first-order chi connectivity index (χ1) is 15.9. The van der Waals surface area contributed by atoms with E-state index in [-0.39, 0.29) is 12.1 Å². The number of fused-ring (bicyclic) bond motifs is 2. The second-order valence-electron chi connectivity index (χ2n) is 9.14. The maximum Gasteiger partial charge on any atom is 0.145 e. The molecule has 1 saturated carbocycles. The molecule has 0 bridgehead atoms. The monoisotopic (exact) mass is 528 g/mol. The molecule has 2 fully saturated rings. The number of nitrogen functional groups attached to an aromatic ring is 1. The van der Waals surface area contributed by atoms with Crippen LogP contribution in [0.5, 0.6) is 0 Å². The van der Waals surface area contributed by atoms with Crippen LogP contribution in [0.2, 0.25) is 5.15 Å². The number of rotatable bonds is 2. The number of aromatic nitrogens is 4. The van der Waals surface area contributed by atoms with Crippen LogP contribution in [0.25, 0.3) is 21.9 Å². The number of halogens is 2. The molecule has 4 aromatic rings. The Morgan fingerprint density at radius 2 is 2.03 bits per heavy atom. The second kappa shape index (κ2) is 7.61. The van der Waals surface area contributed by atoms with Crippen LogP contribution in [0.4, 0.5) is 5.82 Å². The smallest absolute Gasteiger partial charge is 0.145 e. The summed E-state index contributed by atoms with van der Waals surface area (Å²) in [5.74, 6) is 0.454. The molecule has 33 heavy (non-hydrogen) atoms. The molecule has 10 heteroatoms. The van der Waals surface area contributed by atoms with E-state index in [1.807, 2.05) is 35.0 Å². The minimum Gasteiger partial charge on any atom is -0.390 e. The van der Waals surface area contributed by atoms with Gasteiger partial charge < -0.3 is 25.8 Å². The molecule has 3 aromatic heterocycles. The Kier molecular flexibility index (Phi) is 4.90. The molecule has 2 aliphatic rings. The summed E-state index contributed by atoms with van der Waals surface area (Å²) in [7, 11) is 0. The predicted octanol–water partition coefficient (Wildman–Crippen LogP) is 3.37. The number of aliphatic hydroxyl groups excluding tert-OH is 2. The predicted molar refractivity (Wildman–Crippen MR) is 130 cm³/mol. The molecule has 1 saturated heterocycles. The van der Waals surface area contributed by atoms with Crippen molar-refractivity contribution in [3.05, 3.63) is 58.0 Å². The molecule has 6 rings (SSSR count). The minimum absolute atomic E-state index is 0.0415. The van der Waals surface area contributed by atoms with Crippen molar-refractivity contribution in [2.24, 2.45) is 5.41 Å². The lowest BCUT2D eigenvalue weighted by Crippen LogP contribution is -2.38. The van der Waals surface area contributed by atoms with Gasteiger partial charge in [-0.1, -0.05) is 23.7 Å². The third-order valence-corrected chi connectivity index (χ3v) is 8.25. The van der Waals surface area contributed by atoms with E-state index in [9.17, 15) is 10.2 Å². The van der Waals surface area contributed by atoms with Gasteiger partial charge in [-0.25, -0.2) is 15.0 Å². The Morgan fingerprint density at radius 3 is 2.88 bits per heavy atom. The van der Waals surface area contributed by atoms with Gasteiger partial charge in [-0.3, -0.25) is 0 Å². The van der Waals surface area contributed by atoms with E-state index in [4.69, 9.17) is 17.3 Å². The van der Waals surface area contributed by atoms with Gasteiger partial charge in [0.2, 0.25) is 0 Å². The molecule has 4 heterocycles. The van der Waals surface area contributed by atoms with Crippen LogP contribution in [-0.2, 0) is 0 Å². The molecule has 1 unspecified atom stereocenters. The van der Waals surface area contributed by atoms with Crippen LogP contribution < -0.4 is 11.1 Å². The second-order valence-corrected chi connectivity index (χ2v) is 10.4. The van der Waals surface area contributed by atoms with Crippen LogP contribution in [0.1, 0.15) is 30.5 Å². The molecule has 1 aliphatic heterocycles. The first-order valence-electron chi connectivity index (χ1n) is 10.8. The van der Waals surface area contributed by atoms with Gasteiger partial charge in [0.15, 0.2) is 0 Å². The van der Waals surface area contributed by atoms with Crippen LogP contribution in [-0.4, -0.2) is 48.5 Å². The van der Waals surface area contributed by atoms with Crippen molar-refractivity contribution in [1.82, 2.24) is 24.8 Å². The van der Waals surface area contributed by atoms with Gasteiger partial charge in [0, 0.05) is 29.6 Å². The molecule has 5 N–H and O–H groups in total. The fraction of sp³-hybridized carbons (Fsp3) is 0.348. The molecule has 170 valence electrons. The van der Waals surface area contributed by atoms with Gasteiger partial charge in [-0.05, 0) is 52.5 Å². The lowest BCUT2D eigenvalue weighted by molar-refractivity contribution is -0.0218. The molecular weight excluding hydrogens is 508 g/mol. The zero-order valence-electron chi connectivity index (χ0n) is 17.5.